The van der Waals surface area contributed by atoms with Crippen molar-refractivity contribution in [1.29, 1.82) is 0 Å². The van der Waals surface area contributed by atoms with Crippen molar-refractivity contribution in [3.8, 4) is 0 Å². The molecule has 1 aliphatic rings. The van der Waals surface area contributed by atoms with E-state index in [2.05, 4.69) is 24.1 Å². The highest BCUT2D eigenvalue weighted by molar-refractivity contribution is 5.81. The Labute approximate surface area is 111 Å². The van der Waals surface area contributed by atoms with E-state index in [4.69, 9.17) is 0 Å². The van der Waals surface area contributed by atoms with Gasteiger partial charge in [-0.05, 0) is 46.1 Å². The maximum Gasteiger partial charge on any atom is 0.237 e. The minimum absolute atomic E-state index is 0.0953. The average molecular weight is 256 g/mol. The van der Waals surface area contributed by atoms with E-state index >= 15 is 0 Å². The van der Waals surface area contributed by atoms with E-state index in [0.29, 0.717) is 5.92 Å². The van der Waals surface area contributed by atoms with E-state index in [1.807, 2.05) is 14.0 Å². The first-order valence-electron chi connectivity index (χ1n) is 7.12. The Morgan fingerprint density at radius 1 is 1.44 bits per heavy atom. The molecule has 1 rings (SSSR count). The van der Waals surface area contributed by atoms with Crippen LogP contribution in [0.25, 0.3) is 0 Å². The molecule has 1 fully saturated rings. The maximum atomic E-state index is 12.0. The summed E-state index contributed by atoms with van der Waals surface area (Å²) >= 11 is 0. The topological polar surface area (TPSA) is 52.6 Å². The van der Waals surface area contributed by atoms with E-state index in [1.54, 1.807) is 0 Å². The molecule has 18 heavy (non-hydrogen) atoms. The zero-order valence-corrected chi connectivity index (χ0v) is 12.1. The van der Waals surface area contributed by atoms with Crippen molar-refractivity contribution in [3.63, 3.8) is 0 Å². The van der Waals surface area contributed by atoms with Crippen molar-refractivity contribution in [3.05, 3.63) is 0 Å². The van der Waals surface area contributed by atoms with Crippen LogP contribution in [0.1, 0.15) is 46.5 Å². The van der Waals surface area contributed by atoms with Gasteiger partial charge < -0.3 is 10.4 Å². The summed E-state index contributed by atoms with van der Waals surface area (Å²) in [6.07, 6.45) is 3.76. The van der Waals surface area contributed by atoms with Gasteiger partial charge in [-0.3, -0.25) is 9.69 Å². The number of hydrogen-bond donors (Lipinski definition) is 2. The third kappa shape index (κ3) is 4.58. The Balaban J connectivity index is 2.28. The molecule has 0 saturated heterocycles. The quantitative estimate of drug-likeness (QED) is 0.723. The lowest BCUT2D eigenvalue weighted by Gasteiger charge is -2.36. The second kappa shape index (κ2) is 7.10. The molecule has 4 nitrogen and oxygen atoms in total. The number of hydrogen-bond acceptors (Lipinski definition) is 3. The van der Waals surface area contributed by atoms with Crippen LogP contribution in [0.4, 0.5) is 0 Å². The number of aliphatic hydroxyl groups excluding tert-OH is 1. The van der Waals surface area contributed by atoms with E-state index in [0.717, 1.165) is 32.2 Å². The summed E-state index contributed by atoms with van der Waals surface area (Å²) < 4.78 is 0. The summed E-state index contributed by atoms with van der Waals surface area (Å²) in [5, 5.41) is 12.3. The Morgan fingerprint density at radius 3 is 2.56 bits per heavy atom. The number of amides is 1. The molecule has 1 saturated carbocycles. The van der Waals surface area contributed by atoms with E-state index < -0.39 is 0 Å². The van der Waals surface area contributed by atoms with Gasteiger partial charge in [0.05, 0.1) is 12.1 Å². The summed E-state index contributed by atoms with van der Waals surface area (Å²) in [5.74, 6) is 0.659. The van der Waals surface area contributed by atoms with Gasteiger partial charge in [-0.15, -0.1) is 0 Å². The standard InChI is InChI=1S/C14H28N2O2/c1-5-6-10(2)15-14(18)11(3)16(4)9-12-7-13(17)8-12/h10-13,17H,5-9H2,1-4H3,(H,15,18). The van der Waals surface area contributed by atoms with Crippen LogP contribution >= 0.6 is 0 Å². The predicted octanol–water partition coefficient (Wildman–Crippen LogP) is 1.38. The number of carbonyl (C=O) groups excluding carboxylic acids is 1. The molecule has 1 aliphatic carbocycles. The van der Waals surface area contributed by atoms with E-state index in [9.17, 15) is 9.90 Å². The molecule has 0 spiro atoms. The Hall–Kier alpha value is -0.610. The predicted molar refractivity (Wildman–Crippen MR) is 73.3 cm³/mol. The van der Waals surface area contributed by atoms with Crippen LogP contribution in [0, 0.1) is 5.92 Å². The lowest BCUT2D eigenvalue weighted by atomic mass is 9.82. The fourth-order valence-corrected chi connectivity index (χ4v) is 2.48. The molecular weight excluding hydrogens is 228 g/mol. The number of carbonyl (C=O) groups is 1. The first-order chi connectivity index (χ1) is 8.43. The lowest BCUT2D eigenvalue weighted by Crippen LogP contribution is -2.48. The highest BCUT2D eigenvalue weighted by atomic mass is 16.3. The Kier molecular flexibility index (Phi) is 6.09. The van der Waals surface area contributed by atoms with E-state index in [-0.39, 0.29) is 24.1 Å². The number of rotatable bonds is 7. The molecule has 0 aromatic heterocycles. The van der Waals surface area contributed by atoms with Crippen LogP contribution in [0.15, 0.2) is 0 Å². The van der Waals surface area contributed by atoms with Crippen molar-refractivity contribution in [2.24, 2.45) is 5.92 Å². The highest BCUT2D eigenvalue weighted by Gasteiger charge is 2.30. The Morgan fingerprint density at radius 2 is 2.06 bits per heavy atom. The smallest absolute Gasteiger partial charge is 0.237 e. The minimum Gasteiger partial charge on any atom is -0.393 e. The van der Waals surface area contributed by atoms with Crippen LogP contribution in [0.2, 0.25) is 0 Å². The van der Waals surface area contributed by atoms with Crippen LogP contribution in [0.3, 0.4) is 0 Å². The molecule has 0 radical (unpaired) electrons. The molecule has 2 N–H and O–H groups in total. The summed E-state index contributed by atoms with van der Waals surface area (Å²) in [6, 6.07) is 0.158. The van der Waals surface area contributed by atoms with Gasteiger partial charge in [0.2, 0.25) is 5.91 Å². The zero-order chi connectivity index (χ0) is 13.7. The highest BCUT2D eigenvalue weighted by Crippen LogP contribution is 2.27. The first-order valence-corrected chi connectivity index (χ1v) is 7.12. The van der Waals surface area contributed by atoms with Gasteiger partial charge in [0.25, 0.3) is 0 Å². The monoisotopic (exact) mass is 256 g/mol. The SMILES string of the molecule is CCCC(C)NC(=O)C(C)N(C)CC1CC(O)C1. The molecule has 106 valence electrons. The summed E-state index contributed by atoms with van der Waals surface area (Å²) in [5.41, 5.74) is 0. The fourth-order valence-electron chi connectivity index (χ4n) is 2.48. The Bertz CT molecular complexity index is 265. The lowest BCUT2D eigenvalue weighted by molar-refractivity contribution is -0.126. The second-order valence-electron chi connectivity index (χ2n) is 5.81. The van der Waals surface area contributed by atoms with Crippen LogP contribution in [-0.4, -0.2) is 47.7 Å². The second-order valence-corrected chi connectivity index (χ2v) is 5.81. The number of nitrogens with one attached hydrogen (secondary N) is 1. The van der Waals surface area contributed by atoms with Gasteiger partial charge in [0, 0.05) is 12.6 Å². The number of aliphatic hydroxyl groups is 1. The summed E-state index contributed by atoms with van der Waals surface area (Å²) in [4.78, 5) is 14.1. The van der Waals surface area contributed by atoms with Crippen LogP contribution in [-0.2, 0) is 4.79 Å². The molecule has 1 amide bonds. The maximum absolute atomic E-state index is 12.0. The van der Waals surface area contributed by atoms with Gasteiger partial charge in [-0.25, -0.2) is 0 Å². The first kappa shape index (κ1) is 15.4. The van der Waals surface area contributed by atoms with E-state index in [1.165, 1.54) is 0 Å². The molecule has 2 atom stereocenters. The van der Waals surface area contributed by atoms with Crippen molar-refractivity contribution < 1.29 is 9.90 Å². The molecule has 0 aromatic carbocycles. The molecule has 0 heterocycles. The van der Waals surface area contributed by atoms with Gasteiger partial charge >= 0.3 is 0 Å². The molecule has 0 aromatic rings. The molecular formula is C14H28N2O2. The van der Waals surface area contributed by atoms with Gasteiger partial charge in [0.1, 0.15) is 0 Å². The largest absolute Gasteiger partial charge is 0.393 e. The van der Waals surface area contributed by atoms with Crippen molar-refractivity contribution in [2.75, 3.05) is 13.6 Å². The summed E-state index contributed by atoms with van der Waals surface area (Å²) in [7, 11) is 1.99. The molecule has 0 bridgehead atoms. The van der Waals surface area contributed by atoms with Crippen LogP contribution in [0.5, 0.6) is 0 Å². The van der Waals surface area contributed by atoms with Gasteiger partial charge in [-0.2, -0.15) is 0 Å². The molecule has 0 aliphatic heterocycles. The van der Waals surface area contributed by atoms with Crippen LogP contribution < -0.4 is 5.32 Å². The number of nitrogens with zero attached hydrogens (tertiary/aromatic N) is 1. The normalized spacial score (nSPS) is 26.6. The fraction of sp³-hybridized carbons (Fsp3) is 0.929. The van der Waals surface area contributed by atoms with Crippen molar-refractivity contribution in [1.82, 2.24) is 10.2 Å². The minimum atomic E-state index is -0.114. The average Bonchev–Trinajstić information content (AvgIpc) is 2.25. The third-order valence-electron chi connectivity index (χ3n) is 3.91. The van der Waals surface area contributed by atoms with Gasteiger partial charge in [-0.1, -0.05) is 13.3 Å². The summed E-state index contributed by atoms with van der Waals surface area (Å²) in [6.45, 7) is 7.02. The molecule has 2 unspecified atom stereocenters. The zero-order valence-electron chi connectivity index (χ0n) is 12.1. The number of likely N-dealkylation sites (N-methyl/N-ethyl adjacent to an activating group) is 1. The van der Waals surface area contributed by atoms with Crippen molar-refractivity contribution >= 4 is 5.91 Å². The molecule has 4 heteroatoms. The third-order valence-corrected chi connectivity index (χ3v) is 3.91. The van der Waals surface area contributed by atoms with Gasteiger partial charge in [0.15, 0.2) is 0 Å². The van der Waals surface area contributed by atoms with Crippen molar-refractivity contribution in [2.45, 2.75) is 64.6 Å².